The number of H-pyrrole nitrogens is 1. The standard InChI is InChI=1S/C19H26N4O4/c1-12-11-22(6-5-19(12,26)14-3-7-27-8-4-14)17(24)15-10-20-16-9-13(2)21-23(16)18(15)25/h9-10,12,14,21,26H,3-8,11H2,1-2H3. The fourth-order valence-corrected chi connectivity index (χ4v) is 4.53. The summed E-state index contributed by atoms with van der Waals surface area (Å²) < 4.78 is 6.72. The molecule has 2 aliphatic rings. The molecule has 2 N–H and O–H groups in total. The van der Waals surface area contributed by atoms with Crippen LogP contribution in [-0.2, 0) is 4.74 Å². The SMILES string of the molecule is Cc1cc2ncc(C(=O)N3CCC(O)(C4CCOCC4)C(C)C3)c(=O)n2[nH]1. The highest BCUT2D eigenvalue weighted by Gasteiger charge is 2.46. The molecule has 0 spiro atoms. The van der Waals surface area contributed by atoms with Gasteiger partial charge in [0.1, 0.15) is 5.56 Å². The van der Waals surface area contributed by atoms with Gasteiger partial charge in [0.15, 0.2) is 5.65 Å². The number of aromatic amines is 1. The van der Waals surface area contributed by atoms with E-state index in [1.807, 2.05) is 13.8 Å². The fourth-order valence-electron chi connectivity index (χ4n) is 4.53. The Kier molecular flexibility index (Phi) is 4.55. The molecule has 27 heavy (non-hydrogen) atoms. The number of carbonyl (C=O) groups excluding carboxylic acids is 1. The molecule has 4 rings (SSSR count). The molecule has 8 nitrogen and oxygen atoms in total. The number of ether oxygens (including phenoxy) is 1. The molecule has 0 bridgehead atoms. The molecule has 0 saturated carbocycles. The van der Waals surface area contributed by atoms with E-state index >= 15 is 0 Å². The van der Waals surface area contributed by atoms with E-state index in [1.165, 1.54) is 10.7 Å². The average Bonchev–Trinajstić information content (AvgIpc) is 3.06. The molecule has 4 heterocycles. The zero-order chi connectivity index (χ0) is 19.2. The number of nitrogens with one attached hydrogen (secondary N) is 1. The van der Waals surface area contributed by atoms with E-state index < -0.39 is 11.2 Å². The quantitative estimate of drug-likeness (QED) is 0.816. The second kappa shape index (κ2) is 6.76. The topological polar surface area (TPSA) is 99.9 Å². The first-order valence-electron chi connectivity index (χ1n) is 9.57. The van der Waals surface area contributed by atoms with Gasteiger partial charge in [-0.2, -0.15) is 0 Å². The van der Waals surface area contributed by atoms with Gasteiger partial charge in [-0.3, -0.25) is 14.7 Å². The Morgan fingerprint density at radius 3 is 2.85 bits per heavy atom. The summed E-state index contributed by atoms with van der Waals surface area (Å²) in [6.07, 6.45) is 3.58. The lowest BCUT2D eigenvalue weighted by molar-refractivity contribution is -0.125. The number of likely N-dealkylation sites (tertiary alicyclic amines) is 1. The van der Waals surface area contributed by atoms with Crippen LogP contribution in [0.4, 0.5) is 0 Å². The molecule has 0 aliphatic carbocycles. The Bertz CT molecular complexity index is 914. The minimum atomic E-state index is -0.783. The van der Waals surface area contributed by atoms with Crippen LogP contribution in [0.2, 0.25) is 0 Å². The summed E-state index contributed by atoms with van der Waals surface area (Å²) in [5, 5.41) is 14.2. The van der Waals surface area contributed by atoms with Crippen molar-refractivity contribution < 1.29 is 14.6 Å². The van der Waals surface area contributed by atoms with Crippen molar-refractivity contribution in [3.63, 3.8) is 0 Å². The molecule has 0 aromatic carbocycles. The number of aliphatic hydroxyl groups is 1. The van der Waals surface area contributed by atoms with Gasteiger partial charge in [0.25, 0.3) is 11.5 Å². The second-order valence-corrected chi connectivity index (χ2v) is 7.89. The van der Waals surface area contributed by atoms with Crippen LogP contribution in [0.15, 0.2) is 17.1 Å². The third kappa shape index (κ3) is 3.06. The summed E-state index contributed by atoms with van der Waals surface area (Å²) in [7, 11) is 0. The van der Waals surface area contributed by atoms with Crippen molar-refractivity contribution >= 4 is 11.6 Å². The van der Waals surface area contributed by atoms with Gasteiger partial charge in [0.05, 0.1) is 5.60 Å². The average molecular weight is 374 g/mol. The number of hydrogen-bond acceptors (Lipinski definition) is 5. The molecule has 2 aromatic rings. The Balaban J connectivity index is 1.54. The summed E-state index contributed by atoms with van der Waals surface area (Å²) in [6.45, 7) is 6.04. The maximum atomic E-state index is 13.0. The van der Waals surface area contributed by atoms with Crippen LogP contribution in [0.25, 0.3) is 5.65 Å². The number of amides is 1. The van der Waals surface area contributed by atoms with Crippen LogP contribution in [0.1, 0.15) is 42.2 Å². The van der Waals surface area contributed by atoms with Crippen molar-refractivity contribution in [3.05, 3.63) is 33.9 Å². The molecule has 1 amide bonds. The summed E-state index contributed by atoms with van der Waals surface area (Å²) >= 11 is 0. The highest BCUT2D eigenvalue weighted by Crippen LogP contribution is 2.39. The van der Waals surface area contributed by atoms with E-state index in [1.54, 1.807) is 11.0 Å². The van der Waals surface area contributed by atoms with E-state index in [-0.39, 0.29) is 23.3 Å². The molecule has 2 aliphatic heterocycles. The van der Waals surface area contributed by atoms with Crippen molar-refractivity contribution in [2.75, 3.05) is 26.3 Å². The van der Waals surface area contributed by atoms with Crippen LogP contribution in [-0.4, -0.2) is 62.4 Å². The number of aryl methyl sites for hydroxylation is 1. The predicted molar refractivity (Wildman–Crippen MR) is 98.7 cm³/mol. The maximum absolute atomic E-state index is 13.0. The van der Waals surface area contributed by atoms with Crippen molar-refractivity contribution in [3.8, 4) is 0 Å². The van der Waals surface area contributed by atoms with E-state index in [0.29, 0.717) is 38.4 Å². The van der Waals surface area contributed by atoms with Gasteiger partial charge in [-0.15, -0.1) is 0 Å². The zero-order valence-corrected chi connectivity index (χ0v) is 15.8. The largest absolute Gasteiger partial charge is 0.389 e. The number of rotatable bonds is 2. The molecular formula is C19H26N4O4. The highest BCUT2D eigenvalue weighted by atomic mass is 16.5. The van der Waals surface area contributed by atoms with Gasteiger partial charge in [0.2, 0.25) is 0 Å². The lowest BCUT2D eigenvalue weighted by Gasteiger charge is -2.48. The molecular weight excluding hydrogens is 348 g/mol. The first kappa shape index (κ1) is 18.2. The van der Waals surface area contributed by atoms with Crippen LogP contribution >= 0.6 is 0 Å². The smallest absolute Gasteiger partial charge is 0.285 e. The fraction of sp³-hybridized carbons (Fsp3) is 0.632. The van der Waals surface area contributed by atoms with Gasteiger partial charge in [-0.25, -0.2) is 9.50 Å². The normalized spacial score (nSPS) is 27.2. The predicted octanol–water partition coefficient (Wildman–Crippen LogP) is 0.971. The van der Waals surface area contributed by atoms with Crippen molar-refractivity contribution in [1.29, 1.82) is 0 Å². The number of nitrogens with zero attached hydrogens (tertiary/aromatic N) is 3. The van der Waals surface area contributed by atoms with Crippen LogP contribution in [0, 0.1) is 18.8 Å². The Labute approximate surface area is 157 Å². The Hall–Kier alpha value is -2.19. The highest BCUT2D eigenvalue weighted by molar-refractivity contribution is 5.93. The molecule has 146 valence electrons. The minimum absolute atomic E-state index is 0.0538. The summed E-state index contributed by atoms with van der Waals surface area (Å²) in [6, 6.07) is 1.76. The van der Waals surface area contributed by atoms with Crippen LogP contribution in [0.3, 0.4) is 0 Å². The molecule has 2 unspecified atom stereocenters. The number of piperidine rings is 1. The monoisotopic (exact) mass is 374 g/mol. The van der Waals surface area contributed by atoms with Gasteiger partial charge in [0, 0.05) is 50.2 Å². The summed E-state index contributed by atoms with van der Waals surface area (Å²) in [5.74, 6) is -0.190. The molecule has 2 fully saturated rings. The zero-order valence-electron chi connectivity index (χ0n) is 15.8. The Morgan fingerprint density at radius 1 is 1.41 bits per heavy atom. The van der Waals surface area contributed by atoms with Crippen molar-refractivity contribution in [2.24, 2.45) is 11.8 Å². The van der Waals surface area contributed by atoms with E-state index in [0.717, 1.165) is 18.5 Å². The molecule has 2 aromatic heterocycles. The third-order valence-corrected chi connectivity index (χ3v) is 6.20. The van der Waals surface area contributed by atoms with Crippen LogP contribution < -0.4 is 5.56 Å². The van der Waals surface area contributed by atoms with E-state index in [2.05, 4.69) is 10.1 Å². The lowest BCUT2D eigenvalue weighted by atomic mass is 9.70. The van der Waals surface area contributed by atoms with Gasteiger partial charge in [-0.05, 0) is 32.1 Å². The molecule has 2 atom stereocenters. The van der Waals surface area contributed by atoms with E-state index in [4.69, 9.17) is 4.74 Å². The van der Waals surface area contributed by atoms with Gasteiger partial charge >= 0.3 is 0 Å². The maximum Gasteiger partial charge on any atom is 0.285 e. The number of carbonyl (C=O) groups is 1. The molecule has 8 heteroatoms. The first-order valence-corrected chi connectivity index (χ1v) is 9.57. The van der Waals surface area contributed by atoms with Crippen molar-refractivity contribution in [1.82, 2.24) is 19.5 Å². The summed E-state index contributed by atoms with van der Waals surface area (Å²) in [4.78, 5) is 31.5. The minimum Gasteiger partial charge on any atom is -0.389 e. The number of hydrogen-bond donors (Lipinski definition) is 2. The lowest BCUT2D eigenvalue weighted by Crippen LogP contribution is -2.57. The van der Waals surface area contributed by atoms with E-state index in [9.17, 15) is 14.7 Å². The van der Waals surface area contributed by atoms with Gasteiger partial charge < -0.3 is 14.7 Å². The summed E-state index contributed by atoms with van der Waals surface area (Å²) in [5.41, 5.74) is 0.176. The number of fused-ring (bicyclic) bond motifs is 1. The molecule has 2 saturated heterocycles. The first-order chi connectivity index (χ1) is 12.9. The third-order valence-electron chi connectivity index (χ3n) is 6.20. The number of aromatic nitrogens is 3. The van der Waals surface area contributed by atoms with Gasteiger partial charge in [-0.1, -0.05) is 6.92 Å². The molecule has 0 radical (unpaired) electrons. The Morgan fingerprint density at radius 2 is 2.15 bits per heavy atom. The van der Waals surface area contributed by atoms with Crippen molar-refractivity contribution in [2.45, 2.75) is 38.7 Å². The van der Waals surface area contributed by atoms with Crippen LogP contribution in [0.5, 0.6) is 0 Å². The second-order valence-electron chi connectivity index (χ2n) is 7.89.